The Hall–Kier alpha value is -3.20. The lowest BCUT2D eigenvalue weighted by Crippen LogP contribution is -2.52. The molecule has 2 aliphatic rings. The standard InChI is InChI=1S/C20H19N3O5S/c1-29(27,28)22-15-5-2-12(3-6-15)13-4-7-16-14(10-13)11-23(20(16)26)17-8-9-18(24)21-19(17)25/h2-7,10,17,22H,8-9,11H2,1H3,(H,21,24,25). The molecular formula is C20H19N3O5S. The fraction of sp³-hybridized carbons (Fsp3) is 0.250. The van der Waals surface area contributed by atoms with Crippen molar-refractivity contribution in [3.05, 3.63) is 53.6 Å². The Morgan fingerprint density at radius 3 is 2.38 bits per heavy atom. The van der Waals surface area contributed by atoms with E-state index in [2.05, 4.69) is 10.0 Å². The molecule has 0 spiro atoms. The van der Waals surface area contributed by atoms with Crippen molar-refractivity contribution in [2.24, 2.45) is 0 Å². The lowest BCUT2D eigenvalue weighted by atomic mass is 10.0. The van der Waals surface area contributed by atoms with Crippen LogP contribution in [0.4, 0.5) is 5.69 Å². The van der Waals surface area contributed by atoms with Crippen molar-refractivity contribution in [1.29, 1.82) is 0 Å². The van der Waals surface area contributed by atoms with E-state index >= 15 is 0 Å². The zero-order chi connectivity index (χ0) is 20.8. The molecule has 8 nitrogen and oxygen atoms in total. The number of hydrogen-bond acceptors (Lipinski definition) is 5. The van der Waals surface area contributed by atoms with Crippen LogP contribution in [0, 0.1) is 0 Å². The summed E-state index contributed by atoms with van der Waals surface area (Å²) in [6.45, 7) is 0.308. The molecule has 0 radical (unpaired) electrons. The van der Waals surface area contributed by atoms with E-state index in [0.717, 1.165) is 22.9 Å². The highest BCUT2D eigenvalue weighted by Gasteiger charge is 2.39. The van der Waals surface area contributed by atoms with Gasteiger partial charge in [0.15, 0.2) is 0 Å². The fourth-order valence-corrected chi connectivity index (χ4v) is 4.26. The number of nitrogens with one attached hydrogen (secondary N) is 2. The van der Waals surface area contributed by atoms with Gasteiger partial charge in [0, 0.05) is 24.2 Å². The van der Waals surface area contributed by atoms with Crippen LogP contribution in [0.15, 0.2) is 42.5 Å². The number of piperidine rings is 1. The summed E-state index contributed by atoms with van der Waals surface area (Å²) in [6, 6.07) is 11.8. The van der Waals surface area contributed by atoms with Crippen LogP contribution >= 0.6 is 0 Å². The minimum absolute atomic E-state index is 0.214. The average Bonchev–Trinajstić information content (AvgIpc) is 2.97. The number of nitrogens with zero attached hydrogens (tertiary/aromatic N) is 1. The summed E-state index contributed by atoms with van der Waals surface area (Å²) in [5, 5.41) is 2.29. The van der Waals surface area contributed by atoms with E-state index in [0.29, 0.717) is 24.2 Å². The molecule has 2 heterocycles. The zero-order valence-electron chi connectivity index (χ0n) is 15.6. The molecule has 2 aliphatic heterocycles. The third-order valence-corrected chi connectivity index (χ3v) is 5.65. The third-order valence-electron chi connectivity index (χ3n) is 5.05. The Balaban J connectivity index is 1.56. The molecule has 0 aromatic heterocycles. The molecule has 150 valence electrons. The quantitative estimate of drug-likeness (QED) is 0.738. The highest BCUT2D eigenvalue weighted by atomic mass is 32.2. The Morgan fingerprint density at radius 2 is 1.72 bits per heavy atom. The van der Waals surface area contributed by atoms with Crippen molar-refractivity contribution >= 4 is 33.4 Å². The number of sulfonamides is 1. The molecule has 4 rings (SSSR count). The molecule has 2 aromatic rings. The molecule has 1 saturated heterocycles. The molecule has 0 aliphatic carbocycles. The third kappa shape index (κ3) is 3.86. The summed E-state index contributed by atoms with van der Waals surface area (Å²) in [7, 11) is -3.34. The van der Waals surface area contributed by atoms with Gasteiger partial charge in [-0.2, -0.15) is 0 Å². The Morgan fingerprint density at radius 1 is 1.03 bits per heavy atom. The second kappa shape index (κ2) is 7.00. The van der Waals surface area contributed by atoms with Crippen LogP contribution < -0.4 is 10.0 Å². The van der Waals surface area contributed by atoms with E-state index in [-0.39, 0.29) is 18.2 Å². The van der Waals surface area contributed by atoms with Crippen molar-refractivity contribution < 1.29 is 22.8 Å². The van der Waals surface area contributed by atoms with E-state index in [1.54, 1.807) is 30.3 Å². The first-order valence-electron chi connectivity index (χ1n) is 9.07. The maximum atomic E-state index is 12.7. The predicted molar refractivity (Wildman–Crippen MR) is 106 cm³/mol. The van der Waals surface area contributed by atoms with Gasteiger partial charge in [-0.25, -0.2) is 8.42 Å². The molecule has 2 N–H and O–H groups in total. The Labute approximate surface area is 168 Å². The van der Waals surface area contributed by atoms with E-state index in [1.165, 1.54) is 4.90 Å². The van der Waals surface area contributed by atoms with Gasteiger partial charge in [0.2, 0.25) is 21.8 Å². The van der Waals surface area contributed by atoms with Crippen LogP contribution in [0.25, 0.3) is 11.1 Å². The maximum Gasteiger partial charge on any atom is 0.255 e. The van der Waals surface area contributed by atoms with Crippen molar-refractivity contribution in [2.45, 2.75) is 25.4 Å². The number of carbonyl (C=O) groups is 3. The van der Waals surface area contributed by atoms with Crippen LogP contribution in [0.3, 0.4) is 0 Å². The first-order chi connectivity index (χ1) is 13.7. The van der Waals surface area contributed by atoms with Crippen LogP contribution in [0.1, 0.15) is 28.8 Å². The average molecular weight is 413 g/mol. The van der Waals surface area contributed by atoms with E-state index in [9.17, 15) is 22.8 Å². The van der Waals surface area contributed by atoms with Crippen LogP contribution in [-0.4, -0.2) is 43.3 Å². The molecule has 2 aromatic carbocycles. The molecule has 1 unspecified atom stereocenters. The first kappa shape index (κ1) is 19.1. The maximum absolute atomic E-state index is 12.7. The summed E-state index contributed by atoms with van der Waals surface area (Å²) in [6.07, 6.45) is 1.63. The molecule has 29 heavy (non-hydrogen) atoms. The molecule has 0 bridgehead atoms. The minimum Gasteiger partial charge on any atom is -0.322 e. The van der Waals surface area contributed by atoms with Crippen molar-refractivity contribution in [3.63, 3.8) is 0 Å². The van der Waals surface area contributed by atoms with E-state index < -0.39 is 22.0 Å². The lowest BCUT2D eigenvalue weighted by Gasteiger charge is -2.29. The largest absolute Gasteiger partial charge is 0.322 e. The number of imide groups is 1. The second-order valence-electron chi connectivity index (χ2n) is 7.22. The van der Waals surface area contributed by atoms with Crippen LogP contribution in [-0.2, 0) is 26.2 Å². The van der Waals surface area contributed by atoms with Crippen LogP contribution in [0.2, 0.25) is 0 Å². The van der Waals surface area contributed by atoms with Gasteiger partial charge in [0.25, 0.3) is 5.91 Å². The van der Waals surface area contributed by atoms with Gasteiger partial charge in [0.1, 0.15) is 6.04 Å². The number of fused-ring (bicyclic) bond motifs is 1. The molecule has 1 fully saturated rings. The number of rotatable bonds is 4. The SMILES string of the molecule is CS(=O)(=O)Nc1ccc(-c2ccc3c(c2)CN(C2CCC(=O)NC2=O)C3=O)cc1. The summed E-state index contributed by atoms with van der Waals surface area (Å²) in [5.41, 5.74) is 3.59. The molecule has 1 atom stereocenters. The number of hydrogen-bond donors (Lipinski definition) is 2. The second-order valence-corrected chi connectivity index (χ2v) is 8.97. The van der Waals surface area contributed by atoms with Crippen LogP contribution in [0.5, 0.6) is 0 Å². The molecule has 3 amide bonds. The van der Waals surface area contributed by atoms with Gasteiger partial charge >= 0.3 is 0 Å². The summed E-state index contributed by atoms with van der Waals surface area (Å²) in [5.74, 6) is -0.961. The number of amides is 3. The Kier molecular flexibility index (Phi) is 4.62. The molecule has 0 saturated carbocycles. The number of anilines is 1. The fourth-order valence-electron chi connectivity index (χ4n) is 3.70. The number of carbonyl (C=O) groups excluding carboxylic acids is 3. The normalized spacial score (nSPS) is 19.1. The first-order valence-corrected chi connectivity index (χ1v) is 11.0. The highest BCUT2D eigenvalue weighted by molar-refractivity contribution is 7.92. The van der Waals surface area contributed by atoms with E-state index in [4.69, 9.17) is 0 Å². The number of benzene rings is 2. The van der Waals surface area contributed by atoms with Gasteiger partial charge in [-0.1, -0.05) is 18.2 Å². The van der Waals surface area contributed by atoms with Crippen molar-refractivity contribution in [2.75, 3.05) is 11.0 Å². The summed E-state index contributed by atoms with van der Waals surface area (Å²) in [4.78, 5) is 37.7. The van der Waals surface area contributed by atoms with Gasteiger partial charge in [-0.05, 0) is 47.4 Å². The Bertz CT molecular complexity index is 1130. The predicted octanol–water partition coefficient (Wildman–Crippen LogP) is 1.49. The van der Waals surface area contributed by atoms with Gasteiger partial charge in [-0.3, -0.25) is 24.4 Å². The lowest BCUT2D eigenvalue weighted by molar-refractivity contribution is -0.136. The van der Waals surface area contributed by atoms with Gasteiger partial charge in [0.05, 0.1) is 6.26 Å². The minimum atomic E-state index is -3.34. The summed E-state index contributed by atoms with van der Waals surface area (Å²) >= 11 is 0. The zero-order valence-corrected chi connectivity index (χ0v) is 16.5. The van der Waals surface area contributed by atoms with Gasteiger partial charge in [-0.15, -0.1) is 0 Å². The summed E-state index contributed by atoms with van der Waals surface area (Å²) < 4.78 is 25.1. The van der Waals surface area contributed by atoms with Gasteiger partial charge < -0.3 is 4.90 Å². The molecular weight excluding hydrogens is 394 g/mol. The van der Waals surface area contributed by atoms with Crippen molar-refractivity contribution in [1.82, 2.24) is 10.2 Å². The van der Waals surface area contributed by atoms with Crippen molar-refractivity contribution in [3.8, 4) is 11.1 Å². The smallest absolute Gasteiger partial charge is 0.255 e. The van der Waals surface area contributed by atoms with E-state index in [1.807, 2.05) is 12.1 Å². The monoisotopic (exact) mass is 413 g/mol. The topological polar surface area (TPSA) is 113 Å². The molecule has 9 heteroatoms. The highest BCUT2D eigenvalue weighted by Crippen LogP contribution is 2.31.